The van der Waals surface area contributed by atoms with Gasteiger partial charge in [0.15, 0.2) is 0 Å². The van der Waals surface area contributed by atoms with E-state index in [0.29, 0.717) is 11.6 Å². The summed E-state index contributed by atoms with van der Waals surface area (Å²) in [5.41, 5.74) is 0. The van der Waals surface area contributed by atoms with Gasteiger partial charge in [0.05, 0.1) is 17.4 Å². The summed E-state index contributed by atoms with van der Waals surface area (Å²) < 4.78 is 0. The number of hydrogen-bond donors (Lipinski definition) is 1. The Kier molecular flexibility index (Phi) is 5.61. The molecule has 1 aliphatic carbocycles. The largest absolute Gasteiger partial charge is 0.396 e. The van der Waals surface area contributed by atoms with E-state index in [2.05, 4.69) is 21.8 Å². The minimum absolute atomic E-state index is 0.329. The molecule has 0 bridgehead atoms. The quantitative estimate of drug-likeness (QED) is 0.801. The van der Waals surface area contributed by atoms with Crippen LogP contribution >= 0.6 is 11.6 Å². The van der Waals surface area contributed by atoms with Crippen LogP contribution in [0.4, 0.5) is 5.95 Å². The fourth-order valence-corrected chi connectivity index (χ4v) is 3.13. The Labute approximate surface area is 126 Å². The Balaban J connectivity index is 1.80. The highest BCUT2D eigenvalue weighted by molar-refractivity contribution is 6.30. The van der Waals surface area contributed by atoms with Gasteiger partial charge in [0.2, 0.25) is 5.95 Å². The molecule has 3 atom stereocenters. The van der Waals surface area contributed by atoms with Crippen molar-refractivity contribution in [2.24, 2.45) is 17.8 Å². The molecule has 0 radical (unpaired) electrons. The summed E-state index contributed by atoms with van der Waals surface area (Å²) in [5.74, 6) is 3.04. The highest BCUT2D eigenvalue weighted by Gasteiger charge is 2.40. The van der Waals surface area contributed by atoms with Crippen LogP contribution in [-0.2, 0) is 0 Å². The average molecular weight is 298 g/mol. The third kappa shape index (κ3) is 4.06. The maximum Gasteiger partial charge on any atom is 0.225 e. The fraction of sp³-hybridized carbons (Fsp3) is 0.733. The van der Waals surface area contributed by atoms with Crippen molar-refractivity contribution in [3.63, 3.8) is 0 Å². The van der Waals surface area contributed by atoms with Gasteiger partial charge < -0.3 is 10.0 Å². The van der Waals surface area contributed by atoms with E-state index in [1.807, 2.05) is 7.05 Å². The van der Waals surface area contributed by atoms with Gasteiger partial charge in [-0.15, -0.1) is 0 Å². The van der Waals surface area contributed by atoms with Gasteiger partial charge in [0.1, 0.15) is 0 Å². The molecule has 0 aromatic carbocycles. The Bertz CT molecular complexity index is 412. The van der Waals surface area contributed by atoms with Crippen molar-refractivity contribution in [2.45, 2.75) is 32.6 Å². The van der Waals surface area contributed by atoms with Gasteiger partial charge in [-0.05, 0) is 37.0 Å². The fourth-order valence-electron chi connectivity index (χ4n) is 3.03. The number of halogens is 1. The Morgan fingerprint density at radius 3 is 2.75 bits per heavy atom. The molecule has 1 saturated carbocycles. The second-order valence-electron chi connectivity index (χ2n) is 5.75. The van der Waals surface area contributed by atoms with Gasteiger partial charge in [-0.1, -0.05) is 24.9 Å². The summed E-state index contributed by atoms with van der Waals surface area (Å²) >= 11 is 5.80. The molecule has 0 aliphatic heterocycles. The lowest BCUT2D eigenvalue weighted by molar-refractivity contribution is 0.269. The molecule has 4 nitrogen and oxygen atoms in total. The number of anilines is 1. The van der Waals surface area contributed by atoms with E-state index in [9.17, 15) is 0 Å². The highest BCUT2D eigenvalue weighted by Crippen LogP contribution is 2.48. The zero-order valence-electron chi connectivity index (χ0n) is 12.3. The lowest BCUT2D eigenvalue weighted by Gasteiger charge is -2.21. The number of nitrogens with zero attached hydrogens (tertiary/aromatic N) is 3. The molecular formula is C15H24ClN3O. The first kappa shape index (κ1) is 15.5. The average Bonchev–Trinajstić information content (AvgIpc) is 3.20. The number of aromatic nitrogens is 2. The van der Waals surface area contributed by atoms with Crippen LogP contribution in [0.15, 0.2) is 12.4 Å². The van der Waals surface area contributed by atoms with E-state index in [1.165, 1.54) is 12.8 Å². The summed E-state index contributed by atoms with van der Waals surface area (Å²) in [6.07, 6.45) is 7.90. The Morgan fingerprint density at radius 1 is 1.45 bits per heavy atom. The van der Waals surface area contributed by atoms with E-state index in [0.717, 1.165) is 43.1 Å². The molecule has 5 heteroatoms. The first-order valence-electron chi connectivity index (χ1n) is 7.45. The smallest absolute Gasteiger partial charge is 0.225 e. The number of hydrogen-bond acceptors (Lipinski definition) is 4. The van der Waals surface area contributed by atoms with Gasteiger partial charge in [0, 0.05) is 20.2 Å². The second kappa shape index (κ2) is 7.23. The van der Waals surface area contributed by atoms with Crippen molar-refractivity contribution < 1.29 is 5.11 Å². The summed E-state index contributed by atoms with van der Waals surface area (Å²) in [5, 5.41) is 9.57. The van der Waals surface area contributed by atoms with Crippen LogP contribution < -0.4 is 4.90 Å². The Morgan fingerprint density at radius 2 is 2.15 bits per heavy atom. The molecular weight excluding hydrogens is 274 g/mol. The molecule has 1 aliphatic rings. The van der Waals surface area contributed by atoms with Crippen LogP contribution in [0.2, 0.25) is 5.02 Å². The van der Waals surface area contributed by atoms with Crippen LogP contribution in [0.1, 0.15) is 32.6 Å². The predicted octanol–water partition coefficient (Wildman–Crippen LogP) is 3.00. The topological polar surface area (TPSA) is 49.2 Å². The molecule has 0 saturated heterocycles. The van der Waals surface area contributed by atoms with Crippen LogP contribution in [0, 0.1) is 17.8 Å². The molecule has 1 fully saturated rings. The van der Waals surface area contributed by atoms with Crippen molar-refractivity contribution in [1.29, 1.82) is 0 Å². The van der Waals surface area contributed by atoms with Gasteiger partial charge >= 0.3 is 0 Å². The lowest BCUT2D eigenvalue weighted by Crippen LogP contribution is -2.23. The molecule has 0 amide bonds. The lowest BCUT2D eigenvalue weighted by atomic mass is 9.94. The predicted molar refractivity (Wildman–Crippen MR) is 82.0 cm³/mol. The molecule has 112 valence electrons. The number of rotatable bonds is 8. The minimum atomic E-state index is 0.329. The molecule has 1 heterocycles. The van der Waals surface area contributed by atoms with E-state index >= 15 is 0 Å². The van der Waals surface area contributed by atoms with Crippen molar-refractivity contribution in [1.82, 2.24) is 9.97 Å². The maximum absolute atomic E-state index is 9.00. The second-order valence-corrected chi connectivity index (χ2v) is 6.19. The molecule has 1 aromatic heterocycles. The number of aliphatic hydroxyl groups is 1. The maximum atomic E-state index is 9.00. The molecule has 2 rings (SSSR count). The van der Waals surface area contributed by atoms with E-state index < -0.39 is 0 Å². The Hall–Kier alpha value is -0.870. The van der Waals surface area contributed by atoms with Gasteiger partial charge in [-0.2, -0.15) is 0 Å². The zero-order chi connectivity index (χ0) is 14.5. The van der Waals surface area contributed by atoms with Crippen molar-refractivity contribution in [3.05, 3.63) is 17.4 Å². The first-order valence-corrected chi connectivity index (χ1v) is 7.83. The molecule has 0 spiro atoms. The number of aliphatic hydroxyl groups excluding tert-OH is 1. The summed E-state index contributed by atoms with van der Waals surface area (Å²) in [4.78, 5) is 10.6. The molecule has 1 aromatic rings. The first-order chi connectivity index (χ1) is 9.65. The summed E-state index contributed by atoms with van der Waals surface area (Å²) in [7, 11) is 2.02. The van der Waals surface area contributed by atoms with Crippen LogP contribution in [0.3, 0.4) is 0 Å². The van der Waals surface area contributed by atoms with Crippen LogP contribution in [-0.4, -0.2) is 35.3 Å². The van der Waals surface area contributed by atoms with E-state index in [1.54, 1.807) is 12.4 Å². The molecule has 3 unspecified atom stereocenters. The summed E-state index contributed by atoms with van der Waals surface area (Å²) in [6.45, 7) is 3.55. The SMILES string of the molecule is CCC(CCN(C)c1ncc(Cl)cn1)C1CC1CCO. The monoisotopic (exact) mass is 297 g/mol. The zero-order valence-corrected chi connectivity index (χ0v) is 13.1. The standard InChI is InChI=1S/C15H24ClN3O/c1-3-11(14-8-12(14)5-7-20)4-6-19(2)15-17-9-13(16)10-18-15/h9-12,14,20H,3-8H2,1-2H3. The highest BCUT2D eigenvalue weighted by atomic mass is 35.5. The van der Waals surface area contributed by atoms with Crippen molar-refractivity contribution in [2.75, 3.05) is 25.1 Å². The molecule has 20 heavy (non-hydrogen) atoms. The van der Waals surface area contributed by atoms with E-state index in [4.69, 9.17) is 16.7 Å². The van der Waals surface area contributed by atoms with Gasteiger partial charge in [-0.25, -0.2) is 9.97 Å². The third-order valence-corrected chi connectivity index (χ3v) is 4.59. The molecule has 1 N–H and O–H groups in total. The van der Waals surface area contributed by atoms with Gasteiger partial charge in [0.25, 0.3) is 0 Å². The van der Waals surface area contributed by atoms with Crippen LogP contribution in [0.25, 0.3) is 0 Å². The summed E-state index contributed by atoms with van der Waals surface area (Å²) in [6, 6.07) is 0. The van der Waals surface area contributed by atoms with Crippen molar-refractivity contribution >= 4 is 17.5 Å². The third-order valence-electron chi connectivity index (χ3n) is 4.39. The van der Waals surface area contributed by atoms with E-state index in [-0.39, 0.29) is 0 Å². The van der Waals surface area contributed by atoms with Crippen LogP contribution in [0.5, 0.6) is 0 Å². The van der Waals surface area contributed by atoms with Gasteiger partial charge in [-0.3, -0.25) is 0 Å². The minimum Gasteiger partial charge on any atom is -0.396 e. The van der Waals surface area contributed by atoms with Crippen molar-refractivity contribution in [3.8, 4) is 0 Å². The normalized spacial score (nSPS) is 22.6.